The Kier molecular flexibility index (Phi) is 6.49. The zero-order valence-corrected chi connectivity index (χ0v) is 14.7. The molecule has 1 saturated heterocycles. The van der Waals surface area contributed by atoms with Gasteiger partial charge in [-0.3, -0.25) is 5.84 Å². The molecule has 0 aromatic heterocycles. The van der Waals surface area contributed by atoms with E-state index in [-0.39, 0.29) is 30.2 Å². The van der Waals surface area contributed by atoms with E-state index in [2.05, 4.69) is 5.43 Å². The summed E-state index contributed by atoms with van der Waals surface area (Å²) in [4.78, 5) is 14.5. The van der Waals surface area contributed by atoms with Gasteiger partial charge in [0.15, 0.2) is 5.70 Å². The molecular weight excluding hydrogens is 350 g/mol. The van der Waals surface area contributed by atoms with Gasteiger partial charge in [0.2, 0.25) is 0 Å². The lowest BCUT2D eigenvalue weighted by molar-refractivity contribution is -0.139. The fourth-order valence-corrected chi connectivity index (χ4v) is 3.20. The van der Waals surface area contributed by atoms with Crippen LogP contribution in [0.25, 0.3) is 0 Å². The zero-order valence-electron chi connectivity index (χ0n) is 13.9. The average molecular weight is 372 g/mol. The molecule has 0 unspecified atom stereocenters. The Morgan fingerprint density at radius 1 is 1.32 bits per heavy atom. The van der Waals surface area contributed by atoms with Crippen molar-refractivity contribution in [1.82, 2.24) is 5.43 Å². The molecule has 5 N–H and O–H groups in total. The number of hydrogen-bond donors (Lipinski definition) is 3. The summed E-state index contributed by atoms with van der Waals surface area (Å²) >= 11 is 1.16. The number of carbonyl (C=O) groups excluding carboxylic acids is 1. The Balaban J connectivity index is 2.03. The number of esters is 1. The Labute approximate surface area is 149 Å². The van der Waals surface area contributed by atoms with Crippen LogP contribution in [0.2, 0.25) is 0 Å². The fraction of sp³-hybridized carbons (Fsp3) is 0.438. The Hall–Kier alpha value is -2.00. The van der Waals surface area contributed by atoms with E-state index >= 15 is 0 Å². The third kappa shape index (κ3) is 5.23. The first-order valence-corrected chi connectivity index (χ1v) is 8.72. The van der Waals surface area contributed by atoms with Crippen molar-refractivity contribution in [3.05, 3.63) is 35.0 Å². The number of hydrogen-bond acceptors (Lipinski definition) is 7. The molecule has 0 bridgehead atoms. The second-order valence-corrected chi connectivity index (χ2v) is 6.66. The first-order chi connectivity index (χ1) is 11.9. The summed E-state index contributed by atoms with van der Waals surface area (Å²) in [6, 6.07) is 7.33. The van der Waals surface area contributed by atoms with Gasteiger partial charge >= 0.3 is 5.97 Å². The monoisotopic (exact) mass is 372 g/mol. The maximum atomic E-state index is 13.2. The highest BCUT2D eigenvalue weighted by molar-refractivity contribution is 8.03. The number of carbonyl (C=O) groups is 1. The molecular formula is C16H22F2N4O2S. The molecule has 0 spiro atoms. The van der Waals surface area contributed by atoms with Gasteiger partial charge in [-0.05, 0) is 31.2 Å². The molecule has 25 heavy (non-hydrogen) atoms. The predicted molar refractivity (Wildman–Crippen MR) is 93.9 cm³/mol. The normalized spacial score (nSPS) is 17.7. The third-order valence-electron chi connectivity index (χ3n) is 3.79. The first kappa shape index (κ1) is 19.3. The minimum absolute atomic E-state index is 0.00538. The summed E-state index contributed by atoms with van der Waals surface area (Å²) in [6.45, 7) is 2.55. The molecule has 1 aromatic rings. The molecule has 0 amide bonds. The van der Waals surface area contributed by atoms with Crippen LogP contribution < -0.4 is 21.9 Å². The molecule has 6 nitrogen and oxygen atoms in total. The highest BCUT2D eigenvalue weighted by atomic mass is 32.2. The SMILES string of the molecule is CCOC(=O)/C(NN)=C(/N)Sc1ccc(N2CCC(F)(F)CC2)cc1. The van der Waals surface area contributed by atoms with Gasteiger partial charge in [0, 0.05) is 36.5 Å². The second kappa shape index (κ2) is 8.39. The molecule has 1 aromatic carbocycles. The third-order valence-corrected chi connectivity index (χ3v) is 4.73. The van der Waals surface area contributed by atoms with Gasteiger partial charge in [-0.2, -0.15) is 0 Å². The van der Waals surface area contributed by atoms with Gasteiger partial charge in [-0.15, -0.1) is 0 Å². The van der Waals surface area contributed by atoms with Crippen LogP contribution in [0, 0.1) is 0 Å². The van der Waals surface area contributed by atoms with Gasteiger partial charge in [0.25, 0.3) is 5.92 Å². The predicted octanol–water partition coefficient (Wildman–Crippen LogP) is 2.17. The van der Waals surface area contributed by atoms with Crippen molar-refractivity contribution in [3.63, 3.8) is 0 Å². The van der Waals surface area contributed by atoms with E-state index in [1.807, 2.05) is 29.2 Å². The number of rotatable bonds is 6. The van der Waals surface area contributed by atoms with Crippen LogP contribution in [0.1, 0.15) is 19.8 Å². The minimum atomic E-state index is -2.57. The molecule has 2 rings (SSSR count). The highest BCUT2D eigenvalue weighted by Crippen LogP contribution is 2.32. The quantitative estimate of drug-likeness (QED) is 0.232. The molecule has 138 valence electrons. The number of nitrogens with one attached hydrogen (secondary N) is 1. The van der Waals surface area contributed by atoms with Crippen LogP contribution >= 0.6 is 11.8 Å². The number of alkyl halides is 2. The zero-order chi connectivity index (χ0) is 18.4. The van der Waals surface area contributed by atoms with Crippen molar-refractivity contribution >= 4 is 23.4 Å². The van der Waals surface area contributed by atoms with Crippen molar-refractivity contribution < 1.29 is 18.3 Å². The lowest BCUT2D eigenvalue weighted by Gasteiger charge is -2.33. The summed E-state index contributed by atoms with van der Waals surface area (Å²) in [7, 11) is 0. The van der Waals surface area contributed by atoms with Gasteiger partial charge in [0.1, 0.15) is 5.03 Å². The average Bonchev–Trinajstić information content (AvgIpc) is 2.56. The smallest absolute Gasteiger partial charge is 0.358 e. The number of anilines is 1. The molecule has 9 heteroatoms. The van der Waals surface area contributed by atoms with E-state index in [1.165, 1.54) is 0 Å². The number of piperidine rings is 1. The van der Waals surface area contributed by atoms with E-state index in [0.717, 1.165) is 22.3 Å². The maximum absolute atomic E-state index is 13.2. The van der Waals surface area contributed by atoms with Gasteiger partial charge in [0.05, 0.1) is 6.61 Å². The Morgan fingerprint density at radius 2 is 1.92 bits per heavy atom. The number of halogens is 2. The first-order valence-electron chi connectivity index (χ1n) is 7.90. The summed E-state index contributed by atoms with van der Waals surface area (Å²) in [5.74, 6) is 2.14. The second-order valence-electron chi connectivity index (χ2n) is 5.54. The maximum Gasteiger partial charge on any atom is 0.358 e. The number of hydrazine groups is 1. The number of benzene rings is 1. The van der Waals surface area contributed by atoms with Crippen molar-refractivity contribution in [3.8, 4) is 0 Å². The highest BCUT2D eigenvalue weighted by Gasteiger charge is 2.33. The number of thioether (sulfide) groups is 1. The Morgan fingerprint density at radius 3 is 2.44 bits per heavy atom. The molecule has 0 saturated carbocycles. The van der Waals surface area contributed by atoms with Crippen LogP contribution in [0.4, 0.5) is 14.5 Å². The van der Waals surface area contributed by atoms with Gasteiger partial charge in [-0.1, -0.05) is 11.8 Å². The van der Waals surface area contributed by atoms with Crippen molar-refractivity contribution in [2.75, 3.05) is 24.6 Å². The molecule has 1 aliphatic heterocycles. The molecule has 0 atom stereocenters. The minimum Gasteiger partial charge on any atom is -0.461 e. The van der Waals surface area contributed by atoms with E-state index in [4.69, 9.17) is 16.3 Å². The standard InChI is InChI=1S/C16H22F2N4O2S/c1-2-24-15(23)13(21-20)14(19)25-12-5-3-11(4-6-12)22-9-7-16(17,18)8-10-22/h3-6,21H,2,7-10,19-20H2,1H3/b14-13+. The van der Waals surface area contributed by atoms with Crippen LogP contribution in [-0.4, -0.2) is 31.6 Å². The van der Waals surface area contributed by atoms with E-state index in [1.54, 1.807) is 6.92 Å². The number of ether oxygens (including phenoxy) is 1. The lowest BCUT2D eigenvalue weighted by Crippen LogP contribution is -2.39. The molecule has 1 heterocycles. The number of nitrogens with zero attached hydrogens (tertiary/aromatic N) is 1. The van der Waals surface area contributed by atoms with E-state index in [0.29, 0.717) is 13.1 Å². The van der Waals surface area contributed by atoms with Gasteiger partial charge < -0.3 is 20.8 Å². The van der Waals surface area contributed by atoms with Crippen LogP contribution in [0.3, 0.4) is 0 Å². The van der Waals surface area contributed by atoms with E-state index in [9.17, 15) is 13.6 Å². The summed E-state index contributed by atoms with van der Waals surface area (Å²) in [6.07, 6.45) is -0.269. The lowest BCUT2D eigenvalue weighted by atomic mass is 10.1. The summed E-state index contributed by atoms with van der Waals surface area (Å²) in [5.41, 5.74) is 9.04. The summed E-state index contributed by atoms with van der Waals surface area (Å²) < 4.78 is 31.3. The molecule has 1 aliphatic rings. The number of nitrogens with two attached hydrogens (primary N) is 2. The fourth-order valence-electron chi connectivity index (χ4n) is 2.43. The van der Waals surface area contributed by atoms with Crippen molar-refractivity contribution in [2.45, 2.75) is 30.6 Å². The molecule has 1 fully saturated rings. The summed E-state index contributed by atoms with van der Waals surface area (Å²) in [5, 5.41) is 0.186. The largest absolute Gasteiger partial charge is 0.461 e. The van der Waals surface area contributed by atoms with Crippen LogP contribution in [-0.2, 0) is 9.53 Å². The van der Waals surface area contributed by atoms with E-state index < -0.39 is 11.9 Å². The van der Waals surface area contributed by atoms with Crippen LogP contribution in [0.5, 0.6) is 0 Å². The van der Waals surface area contributed by atoms with Gasteiger partial charge in [-0.25, -0.2) is 13.6 Å². The Bertz CT molecular complexity index is 628. The molecule has 0 aliphatic carbocycles. The van der Waals surface area contributed by atoms with Crippen molar-refractivity contribution in [1.29, 1.82) is 0 Å². The topological polar surface area (TPSA) is 93.6 Å². The molecule has 0 radical (unpaired) electrons. The van der Waals surface area contributed by atoms with Crippen LogP contribution in [0.15, 0.2) is 39.9 Å². The van der Waals surface area contributed by atoms with Crippen molar-refractivity contribution in [2.24, 2.45) is 11.6 Å².